The number of ether oxygens (including phenoxy) is 1. The lowest BCUT2D eigenvalue weighted by molar-refractivity contribution is 0.287. The van der Waals surface area contributed by atoms with Crippen LogP contribution < -0.4 is 0 Å². The van der Waals surface area contributed by atoms with Crippen LogP contribution in [-0.4, -0.2) is 18.5 Å². The maximum atomic E-state index is 5.69. The lowest BCUT2D eigenvalue weighted by Gasteiger charge is -2.06. The molecule has 1 atom stereocenters. The topological polar surface area (TPSA) is 21.6 Å². The number of rotatable bonds is 3. The first-order valence-electron chi connectivity index (χ1n) is 6.89. The zero-order valence-electron chi connectivity index (χ0n) is 11.5. The monoisotopic (exact) mass is 253 g/mol. The summed E-state index contributed by atoms with van der Waals surface area (Å²) in [5.41, 5.74) is 1.27. The van der Waals surface area contributed by atoms with Crippen LogP contribution in [0.15, 0.2) is 47.5 Å². The average Bonchev–Trinajstić information content (AvgIpc) is 2.87. The molecule has 3 rings (SSSR count). The summed E-state index contributed by atoms with van der Waals surface area (Å²) >= 11 is 0. The molecular formula is C17H19NO. The van der Waals surface area contributed by atoms with E-state index in [9.17, 15) is 0 Å². The Morgan fingerprint density at radius 1 is 1.16 bits per heavy atom. The molecule has 0 spiro atoms. The zero-order valence-corrected chi connectivity index (χ0v) is 11.5. The van der Waals surface area contributed by atoms with Gasteiger partial charge in [-0.25, -0.2) is 4.99 Å². The Morgan fingerprint density at radius 3 is 2.68 bits per heavy atom. The highest BCUT2D eigenvalue weighted by molar-refractivity contribution is 5.85. The molecule has 1 aliphatic heterocycles. The van der Waals surface area contributed by atoms with Gasteiger partial charge in [-0.3, -0.25) is 0 Å². The van der Waals surface area contributed by atoms with Gasteiger partial charge >= 0.3 is 0 Å². The molecule has 0 aromatic heterocycles. The number of aliphatic imine (C=N–C) groups is 1. The fourth-order valence-electron chi connectivity index (χ4n) is 2.40. The Kier molecular flexibility index (Phi) is 3.24. The minimum atomic E-state index is 0.329. The van der Waals surface area contributed by atoms with Crippen LogP contribution in [0.3, 0.4) is 0 Å². The molecular weight excluding hydrogens is 234 g/mol. The van der Waals surface area contributed by atoms with E-state index in [1.165, 1.54) is 16.3 Å². The van der Waals surface area contributed by atoms with Crippen molar-refractivity contribution in [1.29, 1.82) is 0 Å². The SMILES string of the molecule is CC(C)[C@H]1COC(Cc2ccc3ccccc3c2)=N1. The highest BCUT2D eigenvalue weighted by Gasteiger charge is 2.21. The second-order valence-corrected chi connectivity index (χ2v) is 5.50. The van der Waals surface area contributed by atoms with Crippen molar-refractivity contribution in [3.05, 3.63) is 48.0 Å². The Labute approximate surface area is 114 Å². The third kappa shape index (κ3) is 2.62. The smallest absolute Gasteiger partial charge is 0.188 e. The summed E-state index contributed by atoms with van der Waals surface area (Å²) in [6, 6.07) is 15.3. The van der Waals surface area contributed by atoms with E-state index in [2.05, 4.69) is 61.3 Å². The third-order valence-corrected chi connectivity index (χ3v) is 3.67. The number of fused-ring (bicyclic) bond motifs is 1. The van der Waals surface area contributed by atoms with Crippen molar-refractivity contribution in [3.8, 4) is 0 Å². The molecule has 2 heteroatoms. The van der Waals surface area contributed by atoms with Crippen molar-refractivity contribution in [2.75, 3.05) is 6.61 Å². The van der Waals surface area contributed by atoms with Gasteiger partial charge in [0.1, 0.15) is 6.61 Å². The van der Waals surface area contributed by atoms with Crippen LogP contribution in [0.25, 0.3) is 10.8 Å². The van der Waals surface area contributed by atoms with Crippen LogP contribution in [0.4, 0.5) is 0 Å². The van der Waals surface area contributed by atoms with Crippen LogP contribution >= 0.6 is 0 Å². The Hall–Kier alpha value is -1.83. The maximum absolute atomic E-state index is 5.69. The van der Waals surface area contributed by atoms with Crippen molar-refractivity contribution < 1.29 is 4.74 Å². The second-order valence-electron chi connectivity index (χ2n) is 5.50. The van der Waals surface area contributed by atoms with Gasteiger partial charge in [0.25, 0.3) is 0 Å². The molecule has 0 saturated carbocycles. The fourth-order valence-corrected chi connectivity index (χ4v) is 2.40. The molecule has 19 heavy (non-hydrogen) atoms. The first-order valence-corrected chi connectivity index (χ1v) is 6.89. The van der Waals surface area contributed by atoms with Crippen molar-refractivity contribution in [1.82, 2.24) is 0 Å². The van der Waals surface area contributed by atoms with Crippen molar-refractivity contribution >= 4 is 16.7 Å². The molecule has 2 aromatic carbocycles. The highest BCUT2D eigenvalue weighted by Crippen LogP contribution is 2.19. The van der Waals surface area contributed by atoms with E-state index < -0.39 is 0 Å². The number of nitrogens with zero attached hydrogens (tertiary/aromatic N) is 1. The van der Waals surface area contributed by atoms with Crippen molar-refractivity contribution in [2.45, 2.75) is 26.3 Å². The van der Waals surface area contributed by atoms with Crippen LogP contribution in [0, 0.1) is 5.92 Å². The molecule has 1 heterocycles. The molecule has 0 amide bonds. The third-order valence-electron chi connectivity index (χ3n) is 3.67. The molecule has 0 N–H and O–H groups in total. The Balaban J connectivity index is 1.80. The first-order chi connectivity index (χ1) is 9.22. The van der Waals surface area contributed by atoms with Gasteiger partial charge in [-0.2, -0.15) is 0 Å². The summed E-state index contributed by atoms with van der Waals surface area (Å²) in [5.74, 6) is 1.43. The van der Waals surface area contributed by atoms with Crippen molar-refractivity contribution in [2.24, 2.45) is 10.9 Å². The van der Waals surface area contributed by atoms with Crippen LogP contribution in [-0.2, 0) is 11.2 Å². The predicted molar refractivity (Wildman–Crippen MR) is 79.7 cm³/mol. The van der Waals surface area contributed by atoms with Crippen LogP contribution in [0.2, 0.25) is 0 Å². The molecule has 0 aliphatic carbocycles. The molecule has 98 valence electrons. The van der Waals surface area contributed by atoms with Gasteiger partial charge in [-0.15, -0.1) is 0 Å². The number of hydrogen-bond donors (Lipinski definition) is 0. The maximum Gasteiger partial charge on any atom is 0.188 e. The van der Waals surface area contributed by atoms with E-state index in [-0.39, 0.29) is 0 Å². The van der Waals surface area contributed by atoms with Crippen LogP contribution in [0.5, 0.6) is 0 Å². The zero-order chi connectivity index (χ0) is 13.2. The van der Waals surface area contributed by atoms with Gasteiger partial charge in [-0.05, 0) is 22.3 Å². The van der Waals surface area contributed by atoms with E-state index in [0.29, 0.717) is 12.0 Å². The van der Waals surface area contributed by atoms with E-state index in [0.717, 1.165) is 18.9 Å². The first kappa shape index (κ1) is 12.2. The summed E-state index contributed by atoms with van der Waals surface area (Å²) in [6.07, 6.45) is 0.800. The summed E-state index contributed by atoms with van der Waals surface area (Å²) in [7, 11) is 0. The summed E-state index contributed by atoms with van der Waals surface area (Å²) in [5, 5.41) is 2.56. The van der Waals surface area contributed by atoms with Crippen LogP contribution in [0.1, 0.15) is 19.4 Å². The molecule has 0 saturated heterocycles. The number of hydrogen-bond acceptors (Lipinski definition) is 2. The fraction of sp³-hybridized carbons (Fsp3) is 0.353. The Morgan fingerprint density at radius 2 is 1.95 bits per heavy atom. The molecule has 0 unspecified atom stereocenters. The predicted octanol–water partition coefficient (Wildman–Crippen LogP) is 3.84. The summed E-state index contributed by atoms with van der Waals surface area (Å²) < 4.78 is 5.69. The lowest BCUT2D eigenvalue weighted by atomic mass is 10.1. The molecule has 0 fully saturated rings. The minimum absolute atomic E-state index is 0.329. The minimum Gasteiger partial charge on any atom is -0.478 e. The largest absolute Gasteiger partial charge is 0.478 e. The molecule has 1 aliphatic rings. The summed E-state index contributed by atoms with van der Waals surface area (Å²) in [4.78, 5) is 4.66. The molecule has 0 radical (unpaired) electrons. The second kappa shape index (κ2) is 5.04. The van der Waals surface area contributed by atoms with E-state index in [1.54, 1.807) is 0 Å². The van der Waals surface area contributed by atoms with Gasteiger partial charge in [0.2, 0.25) is 0 Å². The normalized spacial score (nSPS) is 18.7. The standard InChI is InChI=1S/C17H19NO/c1-12(2)16-11-19-17(18-16)10-13-7-8-14-5-3-4-6-15(14)9-13/h3-9,12,16H,10-11H2,1-2H3/t16-/m1/s1. The molecule has 2 aromatic rings. The van der Waals surface area contributed by atoms with E-state index >= 15 is 0 Å². The van der Waals surface area contributed by atoms with Gasteiger partial charge in [0.15, 0.2) is 5.90 Å². The average molecular weight is 253 g/mol. The lowest BCUT2D eigenvalue weighted by Crippen LogP contribution is -2.13. The van der Waals surface area contributed by atoms with Gasteiger partial charge in [-0.1, -0.05) is 56.3 Å². The highest BCUT2D eigenvalue weighted by atomic mass is 16.5. The van der Waals surface area contributed by atoms with E-state index in [4.69, 9.17) is 4.74 Å². The van der Waals surface area contributed by atoms with Gasteiger partial charge < -0.3 is 4.74 Å². The molecule has 0 bridgehead atoms. The quantitative estimate of drug-likeness (QED) is 0.814. The molecule has 2 nitrogen and oxygen atoms in total. The van der Waals surface area contributed by atoms with Crippen molar-refractivity contribution in [3.63, 3.8) is 0 Å². The summed E-state index contributed by atoms with van der Waals surface area (Å²) in [6.45, 7) is 5.12. The number of benzene rings is 2. The van der Waals surface area contributed by atoms with Gasteiger partial charge in [0.05, 0.1) is 6.04 Å². The van der Waals surface area contributed by atoms with E-state index in [1.807, 2.05) is 0 Å². The Bertz CT molecular complexity index is 615. The van der Waals surface area contributed by atoms with Gasteiger partial charge in [0, 0.05) is 6.42 Å².